The summed E-state index contributed by atoms with van der Waals surface area (Å²) < 4.78 is 5.62. The van der Waals surface area contributed by atoms with Crippen LogP contribution in [0.2, 0.25) is 0 Å². The maximum absolute atomic E-state index is 12.6. The molecule has 2 aromatic rings. The van der Waals surface area contributed by atoms with Crippen LogP contribution in [0.1, 0.15) is 52.6 Å². The number of carbonyl (C=O) groups excluding carboxylic acids is 2. The smallest absolute Gasteiger partial charge is 0.257 e. The van der Waals surface area contributed by atoms with E-state index in [9.17, 15) is 9.59 Å². The van der Waals surface area contributed by atoms with E-state index in [0.29, 0.717) is 29.8 Å². The van der Waals surface area contributed by atoms with Crippen LogP contribution in [0, 0.1) is 0 Å². The van der Waals surface area contributed by atoms with Crippen LogP contribution >= 0.6 is 0 Å². The second-order valence-corrected chi connectivity index (χ2v) is 6.37. The van der Waals surface area contributed by atoms with E-state index in [2.05, 4.69) is 22.5 Å². The summed E-state index contributed by atoms with van der Waals surface area (Å²) in [5.41, 5.74) is 2.54. The maximum Gasteiger partial charge on any atom is 0.257 e. The van der Waals surface area contributed by atoms with Crippen LogP contribution in [0.3, 0.4) is 0 Å². The lowest BCUT2D eigenvalue weighted by Crippen LogP contribution is -2.20. The molecule has 1 heterocycles. The molecule has 1 aromatic carbocycles. The number of ketones is 1. The number of hydrogen-bond donors (Lipinski definition) is 3. The number of aromatic nitrogens is 1. The van der Waals surface area contributed by atoms with Crippen LogP contribution in [0.25, 0.3) is 0 Å². The van der Waals surface area contributed by atoms with Crippen molar-refractivity contribution < 1.29 is 14.3 Å². The number of anilines is 1. The minimum atomic E-state index is -0.265. The van der Waals surface area contributed by atoms with E-state index in [1.165, 1.54) is 0 Å². The van der Waals surface area contributed by atoms with Gasteiger partial charge in [-0.15, -0.1) is 0 Å². The fraction of sp³-hybridized carbons (Fsp3) is 0.400. The summed E-state index contributed by atoms with van der Waals surface area (Å²) in [6, 6.07) is 7.25. The molecule has 1 aromatic heterocycles. The van der Waals surface area contributed by atoms with Gasteiger partial charge in [0.05, 0.1) is 11.1 Å². The van der Waals surface area contributed by atoms with Crippen molar-refractivity contribution in [3.63, 3.8) is 0 Å². The topological polar surface area (TPSA) is 83.2 Å². The number of likely N-dealkylation sites (N-methyl/N-ethyl adjacent to an activating group) is 1. The third-order valence-electron chi connectivity index (χ3n) is 4.48. The fourth-order valence-corrected chi connectivity index (χ4v) is 3.12. The zero-order valence-electron chi connectivity index (χ0n) is 15.1. The first-order valence-electron chi connectivity index (χ1n) is 9.17. The Hall–Kier alpha value is -2.60. The average Bonchev–Trinajstić information content (AvgIpc) is 2.99. The number of Topliss-reactive ketones (excluding diaryl/α,β-unsaturated/α-hetero) is 1. The van der Waals surface area contributed by atoms with Gasteiger partial charge < -0.3 is 20.4 Å². The Balaban J connectivity index is 1.63. The Kier molecular flexibility index (Phi) is 6.07. The number of benzene rings is 1. The number of aryl methyl sites for hydroxylation is 1. The van der Waals surface area contributed by atoms with Gasteiger partial charge in [-0.2, -0.15) is 0 Å². The number of fused-ring (bicyclic) bond motifs is 1. The number of ether oxygens (including phenoxy) is 1. The molecular weight excluding hydrogens is 330 g/mol. The molecule has 3 rings (SSSR count). The Bertz CT molecular complexity index is 765. The van der Waals surface area contributed by atoms with Gasteiger partial charge in [-0.25, -0.2) is 0 Å². The average molecular weight is 355 g/mol. The van der Waals surface area contributed by atoms with Crippen molar-refractivity contribution in [2.45, 2.75) is 32.6 Å². The lowest BCUT2D eigenvalue weighted by molar-refractivity contribution is 0.0965. The zero-order chi connectivity index (χ0) is 18.4. The zero-order valence-corrected chi connectivity index (χ0v) is 15.1. The second kappa shape index (κ2) is 8.67. The van der Waals surface area contributed by atoms with Gasteiger partial charge in [-0.1, -0.05) is 6.92 Å². The normalized spacial score (nSPS) is 13.8. The molecule has 138 valence electrons. The molecule has 0 saturated heterocycles. The molecule has 0 saturated carbocycles. The Morgan fingerprint density at radius 1 is 1.19 bits per heavy atom. The molecule has 0 fully saturated rings. The number of rotatable bonds is 7. The van der Waals surface area contributed by atoms with Crippen LogP contribution in [0.5, 0.6) is 5.75 Å². The SMILES string of the molecule is CCNCCOc1ccc(NC(=O)c2c[nH]c3c2C(=O)CCCC3)cc1. The van der Waals surface area contributed by atoms with Gasteiger partial charge in [0, 0.05) is 30.5 Å². The van der Waals surface area contributed by atoms with Crippen molar-refractivity contribution in [1.82, 2.24) is 10.3 Å². The van der Waals surface area contributed by atoms with E-state index in [1.807, 2.05) is 12.1 Å². The number of amides is 1. The molecule has 0 aliphatic heterocycles. The van der Waals surface area contributed by atoms with E-state index in [1.54, 1.807) is 18.3 Å². The molecule has 0 radical (unpaired) electrons. The Morgan fingerprint density at radius 3 is 2.73 bits per heavy atom. The summed E-state index contributed by atoms with van der Waals surface area (Å²) in [5, 5.41) is 6.05. The number of nitrogens with one attached hydrogen (secondary N) is 3. The summed E-state index contributed by atoms with van der Waals surface area (Å²) >= 11 is 0. The van der Waals surface area contributed by atoms with Gasteiger partial charge in [-0.3, -0.25) is 9.59 Å². The fourth-order valence-electron chi connectivity index (χ4n) is 3.12. The number of carbonyl (C=O) groups is 2. The second-order valence-electron chi connectivity index (χ2n) is 6.37. The van der Waals surface area contributed by atoms with E-state index >= 15 is 0 Å². The number of hydrogen-bond acceptors (Lipinski definition) is 4. The van der Waals surface area contributed by atoms with Crippen molar-refractivity contribution in [2.24, 2.45) is 0 Å². The van der Waals surface area contributed by atoms with Gasteiger partial charge in [0.15, 0.2) is 5.78 Å². The van der Waals surface area contributed by atoms with Gasteiger partial charge >= 0.3 is 0 Å². The minimum Gasteiger partial charge on any atom is -0.492 e. The van der Waals surface area contributed by atoms with Crippen LogP contribution in [0.15, 0.2) is 30.5 Å². The number of H-pyrrole nitrogens is 1. The first-order valence-corrected chi connectivity index (χ1v) is 9.17. The Morgan fingerprint density at radius 2 is 1.96 bits per heavy atom. The molecule has 26 heavy (non-hydrogen) atoms. The predicted octanol–water partition coefficient (Wildman–Crippen LogP) is 3.16. The van der Waals surface area contributed by atoms with Gasteiger partial charge in [-0.05, 0) is 50.1 Å². The monoisotopic (exact) mass is 355 g/mol. The molecule has 1 amide bonds. The summed E-state index contributed by atoms with van der Waals surface area (Å²) in [6.45, 7) is 4.35. The molecular formula is C20H25N3O3. The summed E-state index contributed by atoms with van der Waals surface area (Å²) in [7, 11) is 0. The summed E-state index contributed by atoms with van der Waals surface area (Å²) in [5.74, 6) is 0.540. The largest absolute Gasteiger partial charge is 0.492 e. The van der Waals surface area contributed by atoms with Gasteiger partial charge in [0.2, 0.25) is 0 Å². The highest BCUT2D eigenvalue weighted by molar-refractivity contribution is 6.13. The predicted molar refractivity (Wildman–Crippen MR) is 101 cm³/mol. The van der Waals surface area contributed by atoms with Crippen LogP contribution in [0.4, 0.5) is 5.69 Å². The molecule has 0 atom stereocenters. The molecule has 0 unspecified atom stereocenters. The van der Waals surface area contributed by atoms with E-state index < -0.39 is 0 Å². The molecule has 3 N–H and O–H groups in total. The molecule has 6 nitrogen and oxygen atoms in total. The molecule has 6 heteroatoms. The molecule has 1 aliphatic carbocycles. The number of aromatic amines is 1. The third kappa shape index (κ3) is 4.32. The maximum atomic E-state index is 12.6. The van der Waals surface area contributed by atoms with E-state index in [0.717, 1.165) is 43.8 Å². The highest BCUT2D eigenvalue weighted by Crippen LogP contribution is 2.24. The molecule has 0 bridgehead atoms. The van der Waals surface area contributed by atoms with E-state index in [-0.39, 0.29) is 11.7 Å². The highest BCUT2D eigenvalue weighted by atomic mass is 16.5. The third-order valence-corrected chi connectivity index (χ3v) is 4.48. The lowest BCUT2D eigenvalue weighted by atomic mass is 10.0. The standard InChI is InChI=1S/C20H25N3O3/c1-2-21-11-12-26-15-9-7-14(8-10-15)23-20(25)16-13-22-17-5-3-4-6-18(24)19(16)17/h7-10,13,21-22H,2-6,11-12H2,1H3,(H,23,25). The lowest BCUT2D eigenvalue weighted by Gasteiger charge is -2.09. The van der Waals surface area contributed by atoms with Gasteiger partial charge in [0.1, 0.15) is 12.4 Å². The Labute approximate surface area is 153 Å². The van der Waals surface area contributed by atoms with Crippen molar-refractivity contribution in [1.29, 1.82) is 0 Å². The highest BCUT2D eigenvalue weighted by Gasteiger charge is 2.24. The van der Waals surface area contributed by atoms with E-state index in [4.69, 9.17) is 4.74 Å². The quantitative estimate of drug-likeness (QED) is 0.526. The molecule has 1 aliphatic rings. The van der Waals surface area contributed by atoms with Gasteiger partial charge in [0.25, 0.3) is 5.91 Å². The first kappa shape index (κ1) is 18.2. The van der Waals surface area contributed by atoms with Crippen LogP contribution in [-0.2, 0) is 6.42 Å². The first-order chi connectivity index (χ1) is 12.7. The van der Waals surface area contributed by atoms with Crippen molar-refractivity contribution >= 4 is 17.4 Å². The summed E-state index contributed by atoms with van der Waals surface area (Å²) in [4.78, 5) is 28.0. The molecule has 0 spiro atoms. The van der Waals surface area contributed by atoms with Crippen molar-refractivity contribution in [3.05, 3.63) is 47.3 Å². The summed E-state index contributed by atoms with van der Waals surface area (Å²) in [6.07, 6.45) is 4.80. The minimum absolute atomic E-state index is 0.0494. The van der Waals surface area contributed by atoms with Crippen LogP contribution in [-0.4, -0.2) is 36.4 Å². The van der Waals surface area contributed by atoms with Crippen LogP contribution < -0.4 is 15.4 Å². The van der Waals surface area contributed by atoms with Crippen molar-refractivity contribution in [3.8, 4) is 5.75 Å². The van der Waals surface area contributed by atoms with Crippen molar-refractivity contribution in [2.75, 3.05) is 25.0 Å².